The molecule has 0 saturated carbocycles. The van der Waals surface area contributed by atoms with Crippen molar-refractivity contribution in [2.24, 2.45) is 16.6 Å². The first-order valence-electron chi connectivity index (χ1n) is 4.06. The summed E-state index contributed by atoms with van der Waals surface area (Å²) in [5, 5.41) is 0. The van der Waals surface area contributed by atoms with Gasteiger partial charge in [0.2, 0.25) is 0 Å². The highest BCUT2D eigenvalue weighted by atomic mass is 16.5. The molecule has 0 aromatic carbocycles. The van der Waals surface area contributed by atoms with E-state index >= 15 is 0 Å². The second-order valence-corrected chi connectivity index (χ2v) is 2.66. The SMILES string of the molecule is CCOCCN=C(N)C(C)C. The summed E-state index contributed by atoms with van der Waals surface area (Å²) >= 11 is 0. The molecule has 3 nitrogen and oxygen atoms in total. The van der Waals surface area contributed by atoms with Crippen molar-refractivity contribution in [3.63, 3.8) is 0 Å². The van der Waals surface area contributed by atoms with E-state index in [0.29, 0.717) is 24.9 Å². The molecule has 0 unspecified atom stereocenters. The van der Waals surface area contributed by atoms with Crippen molar-refractivity contribution in [3.05, 3.63) is 0 Å². The highest BCUT2D eigenvalue weighted by Gasteiger charge is 1.96. The minimum Gasteiger partial charge on any atom is -0.387 e. The summed E-state index contributed by atoms with van der Waals surface area (Å²) in [6, 6.07) is 0. The molecule has 66 valence electrons. The van der Waals surface area contributed by atoms with Crippen LogP contribution in [0.3, 0.4) is 0 Å². The van der Waals surface area contributed by atoms with Gasteiger partial charge in [-0.15, -0.1) is 0 Å². The number of ether oxygens (including phenoxy) is 1. The Balaban J connectivity index is 3.40. The molecule has 0 heterocycles. The zero-order valence-corrected chi connectivity index (χ0v) is 7.63. The predicted molar refractivity (Wildman–Crippen MR) is 47.8 cm³/mol. The number of rotatable bonds is 5. The van der Waals surface area contributed by atoms with Crippen LogP contribution in [0.2, 0.25) is 0 Å². The molecule has 0 atom stereocenters. The Hall–Kier alpha value is -0.570. The van der Waals surface area contributed by atoms with E-state index in [0.717, 1.165) is 6.61 Å². The number of hydrogen-bond donors (Lipinski definition) is 1. The lowest BCUT2D eigenvalue weighted by atomic mass is 10.2. The molecule has 0 spiro atoms. The van der Waals surface area contributed by atoms with E-state index in [2.05, 4.69) is 4.99 Å². The topological polar surface area (TPSA) is 47.6 Å². The van der Waals surface area contributed by atoms with Gasteiger partial charge in [0.05, 0.1) is 19.0 Å². The minimum atomic E-state index is 0.344. The molecule has 11 heavy (non-hydrogen) atoms. The third-order valence-electron chi connectivity index (χ3n) is 1.33. The number of nitrogens with zero attached hydrogens (tertiary/aromatic N) is 1. The van der Waals surface area contributed by atoms with Crippen LogP contribution in [-0.2, 0) is 4.74 Å². The average Bonchev–Trinajstić information content (AvgIpc) is 1.97. The first kappa shape index (κ1) is 10.4. The second kappa shape index (κ2) is 6.16. The highest BCUT2D eigenvalue weighted by Crippen LogP contribution is 1.90. The monoisotopic (exact) mass is 158 g/mol. The van der Waals surface area contributed by atoms with Crippen LogP contribution in [0.4, 0.5) is 0 Å². The molecule has 0 radical (unpaired) electrons. The van der Waals surface area contributed by atoms with Crippen molar-refractivity contribution in [1.82, 2.24) is 0 Å². The van der Waals surface area contributed by atoms with E-state index in [9.17, 15) is 0 Å². The van der Waals surface area contributed by atoms with Gasteiger partial charge in [0, 0.05) is 12.5 Å². The standard InChI is InChI=1S/C8H18N2O/c1-4-11-6-5-10-8(9)7(2)3/h7H,4-6H2,1-3H3,(H2,9,10). The summed E-state index contributed by atoms with van der Waals surface area (Å²) in [5.41, 5.74) is 5.59. The molecule has 0 aromatic rings. The quantitative estimate of drug-likeness (QED) is 0.369. The van der Waals surface area contributed by atoms with Crippen LogP contribution in [0.1, 0.15) is 20.8 Å². The Morgan fingerprint density at radius 3 is 2.64 bits per heavy atom. The van der Waals surface area contributed by atoms with E-state index < -0.39 is 0 Å². The Morgan fingerprint density at radius 1 is 1.55 bits per heavy atom. The summed E-state index contributed by atoms with van der Waals surface area (Å²) in [6.07, 6.45) is 0. The molecule has 3 heteroatoms. The molecule has 0 rings (SSSR count). The van der Waals surface area contributed by atoms with E-state index in [1.165, 1.54) is 0 Å². The van der Waals surface area contributed by atoms with Crippen LogP contribution in [0.5, 0.6) is 0 Å². The molecule has 0 aromatic heterocycles. The Morgan fingerprint density at radius 2 is 2.18 bits per heavy atom. The minimum absolute atomic E-state index is 0.344. The van der Waals surface area contributed by atoms with Crippen LogP contribution >= 0.6 is 0 Å². The zero-order chi connectivity index (χ0) is 8.69. The van der Waals surface area contributed by atoms with Crippen molar-refractivity contribution in [1.29, 1.82) is 0 Å². The van der Waals surface area contributed by atoms with Crippen molar-refractivity contribution in [2.75, 3.05) is 19.8 Å². The summed E-state index contributed by atoms with van der Waals surface area (Å²) in [5.74, 6) is 1.06. The van der Waals surface area contributed by atoms with Crippen LogP contribution in [0, 0.1) is 5.92 Å². The first-order chi connectivity index (χ1) is 5.18. The number of hydrogen-bond acceptors (Lipinski definition) is 2. The van der Waals surface area contributed by atoms with Crippen molar-refractivity contribution < 1.29 is 4.74 Å². The third kappa shape index (κ3) is 5.85. The van der Waals surface area contributed by atoms with Crippen LogP contribution in [-0.4, -0.2) is 25.6 Å². The van der Waals surface area contributed by atoms with Gasteiger partial charge < -0.3 is 10.5 Å². The number of nitrogens with two attached hydrogens (primary N) is 1. The van der Waals surface area contributed by atoms with Crippen LogP contribution < -0.4 is 5.73 Å². The second-order valence-electron chi connectivity index (χ2n) is 2.66. The first-order valence-corrected chi connectivity index (χ1v) is 4.06. The molecular weight excluding hydrogens is 140 g/mol. The summed E-state index contributed by atoms with van der Waals surface area (Å²) in [4.78, 5) is 4.13. The van der Waals surface area contributed by atoms with Gasteiger partial charge in [-0.25, -0.2) is 0 Å². The molecule has 2 N–H and O–H groups in total. The van der Waals surface area contributed by atoms with Gasteiger partial charge in [0.1, 0.15) is 0 Å². The fraction of sp³-hybridized carbons (Fsp3) is 0.875. The molecule has 0 aliphatic carbocycles. The van der Waals surface area contributed by atoms with Gasteiger partial charge in [0.25, 0.3) is 0 Å². The van der Waals surface area contributed by atoms with Crippen molar-refractivity contribution >= 4 is 5.84 Å². The van der Waals surface area contributed by atoms with Gasteiger partial charge in [-0.05, 0) is 6.92 Å². The maximum Gasteiger partial charge on any atom is 0.0963 e. The van der Waals surface area contributed by atoms with E-state index in [-0.39, 0.29) is 0 Å². The zero-order valence-electron chi connectivity index (χ0n) is 7.63. The molecule has 0 aliphatic rings. The van der Waals surface area contributed by atoms with Gasteiger partial charge in [-0.2, -0.15) is 0 Å². The molecule has 0 fully saturated rings. The predicted octanol–water partition coefficient (Wildman–Crippen LogP) is 1.04. The Labute approximate surface area is 68.6 Å². The highest BCUT2D eigenvalue weighted by molar-refractivity contribution is 5.82. The normalized spacial score (nSPS) is 12.5. The summed E-state index contributed by atoms with van der Waals surface area (Å²) in [7, 11) is 0. The average molecular weight is 158 g/mol. The van der Waals surface area contributed by atoms with Gasteiger partial charge in [-0.3, -0.25) is 4.99 Å². The van der Waals surface area contributed by atoms with Gasteiger partial charge >= 0.3 is 0 Å². The third-order valence-corrected chi connectivity index (χ3v) is 1.33. The Kier molecular flexibility index (Phi) is 5.84. The lowest BCUT2D eigenvalue weighted by Crippen LogP contribution is -2.19. The van der Waals surface area contributed by atoms with Crippen LogP contribution in [0.15, 0.2) is 4.99 Å². The molecule has 0 bridgehead atoms. The molecule has 0 saturated heterocycles. The number of aliphatic imine (C=N–C) groups is 1. The molecule has 0 amide bonds. The lowest BCUT2D eigenvalue weighted by Gasteiger charge is -2.03. The molecular formula is C8H18N2O. The molecule has 0 aliphatic heterocycles. The van der Waals surface area contributed by atoms with Crippen LogP contribution in [0.25, 0.3) is 0 Å². The van der Waals surface area contributed by atoms with Crippen molar-refractivity contribution in [2.45, 2.75) is 20.8 Å². The smallest absolute Gasteiger partial charge is 0.0963 e. The van der Waals surface area contributed by atoms with E-state index in [4.69, 9.17) is 10.5 Å². The maximum absolute atomic E-state index is 5.59. The maximum atomic E-state index is 5.59. The van der Waals surface area contributed by atoms with Gasteiger partial charge in [0.15, 0.2) is 0 Å². The van der Waals surface area contributed by atoms with Crippen molar-refractivity contribution in [3.8, 4) is 0 Å². The summed E-state index contributed by atoms with van der Waals surface area (Å²) in [6.45, 7) is 8.12. The lowest BCUT2D eigenvalue weighted by molar-refractivity contribution is 0.155. The summed E-state index contributed by atoms with van der Waals surface area (Å²) < 4.78 is 5.10. The fourth-order valence-corrected chi connectivity index (χ4v) is 0.566. The largest absolute Gasteiger partial charge is 0.387 e. The fourth-order valence-electron chi connectivity index (χ4n) is 0.566. The van der Waals surface area contributed by atoms with E-state index in [1.54, 1.807) is 0 Å². The number of amidine groups is 1. The van der Waals surface area contributed by atoms with Gasteiger partial charge in [-0.1, -0.05) is 13.8 Å². The Bertz CT molecular complexity index is 121. The van der Waals surface area contributed by atoms with E-state index in [1.807, 2.05) is 20.8 Å².